The Morgan fingerprint density at radius 1 is 1.65 bits per heavy atom. The minimum Gasteiger partial charge on any atom is -0.481 e. The van der Waals surface area contributed by atoms with E-state index in [2.05, 4.69) is 5.32 Å². The summed E-state index contributed by atoms with van der Waals surface area (Å²) in [6.45, 7) is 8.72. The van der Waals surface area contributed by atoms with Crippen LogP contribution in [0.2, 0.25) is 0 Å². The number of nitrogens with zero attached hydrogens (tertiary/aromatic N) is 1. The second-order valence-corrected chi connectivity index (χ2v) is 5.31. The summed E-state index contributed by atoms with van der Waals surface area (Å²) in [4.78, 5) is 24.7. The van der Waals surface area contributed by atoms with E-state index in [-0.39, 0.29) is 23.9 Å². The van der Waals surface area contributed by atoms with E-state index in [4.69, 9.17) is 5.11 Å². The molecular weight excluding hydrogens is 220 g/mol. The fourth-order valence-electron chi connectivity index (χ4n) is 2.52. The third-order valence-corrected chi connectivity index (χ3v) is 3.47. The fraction of sp³-hybridized carbons (Fsp3) is 0.833. The molecule has 2 N–H and O–H groups in total. The van der Waals surface area contributed by atoms with Crippen LogP contribution in [0.4, 0.5) is 0 Å². The van der Waals surface area contributed by atoms with Gasteiger partial charge >= 0.3 is 5.97 Å². The molecule has 1 aliphatic heterocycles. The van der Waals surface area contributed by atoms with E-state index in [0.29, 0.717) is 6.54 Å². The number of hydrogen-bond donors (Lipinski definition) is 2. The number of carbonyl (C=O) groups excluding carboxylic acids is 1. The van der Waals surface area contributed by atoms with E-state index < -0.39 is 12.0 Å². The molecule has 1 amide bonds. The van der Waals surface area contributed by atoms with E-state index in [0.717, 1.165) is 6.42 Å². The summed E-state index contributed by atoms with van der Waals surface area (Å²) >= 11 is 0. The topological polar surface area (TPSA) is 69.6 Å². The van der Waals surface area contributed by atoms with Crippen LogP contribution < -0.4 is 5.32 Å². The van der Waals surface area contributed by atoms with Crippen LogP contribution in [0.1, 0.15) is 40.5 Å². The summed E-state index contributed by atoms with van der Waals surface area (Å²) in [6, 6.07) is -0.369. The number of amides is 1. The summed E-state index contributed by atoms with van der Waals surface area (Å²) in [5.41, 5.74) is -0.205. The van der Waals surface area contributed by atoms with Crippen molar-refractivity contribution in [2.24, 2.45) is 0 Å². The molecule has 0 aromatic heterocycles. The summed E-state index contributed by atoms with van der Waals surface area (Å²) < 4.78 is 0. The molecule has 0 aliphatic carbocycles. The Morgan fingerprint density at radius 2 is 2.24 bits per heavy atom. The van der Waals surface area contributed by atoms with Crippen molar-refractivity contribution in [2.45, 2.75) is 58.2 Å². The molecule has 1 aliphatic rings. The van der Waals surface area contributed by atoms with E-state index in [1.807, 2.05) is 32.6 Å². The van der Waals surface area contributed by atoms with Crippen molar-refractivity contribution in [3.05, 3.63) is 0 Å². The maximum Gasteiger partial charge on any atom is 0.305 e. The number of hydrogen-bond acceptors (Lipinski definition) is 3. The first kappa shape index (κ1) is 14.0. The molecule has 5 heteroatoms. The summed E-state index contributed by atoms with van der Waals surface area (Å²) in [7, 11) is 0. The van der Waals surface area contributed by atoms with Crippen molar-refractivity contribution < 1.29 is 14.7 Å². The number of aliphatic carboxylic acids is 1. The zero-order valence-corrected chi connectivity index (χ0v) is 11.0. The highest BCUT2D eigenvalue weighted by molar-refractivity contribution is 5.87. The molecule has 1 fully saturated rings. The van der Waals surface area contributed by atoms with Gasteiger partial charge in [-0.05, 0) is 27.2 Å². The lowest BCUT2D eigenvalue weighted by atomic mass is 9.91. The summed E-state index contributed by atoms with van der Waals surface area (Å²) in [5.74, 6) is -1.11. The Labute approximate surface area is 102 Å². The summed E-state index contributed by atoms with van der Waals surface area (Å²) in [6.07, 6.45) is 0.756. The van der Waals surface area contributed by atoms with Crippen molar-refractivity contribution >= 4 is 11.9 Å². The zero-order valence-electron chi connectivity index (χ0n) is 11.0. The first-order chi connectivity index (χ1) is 7.79. The van der Waals surface area contributed by atoms with Gasteiger partial charge < -0.3 is 10.4 Å². The Balaban J connectivity index is 3.00. The highest BCUT2D eigenvalue weighted by Gasteiger charge is 2.43. The molecule has 2 atom stereocenters. The maximum absolute atomic E-state index is 11.8. The predicted octanol–water partition coefficient (Wildman–Crippen LogP) is 0.839. The second-order valence-electron chi connectivity index (χ2n) is 5.31. The normalized spacial score (nSPS) is 26.4. The second kappa shape index (κ2) is 5.04. The van der Waals surface area contributed by atoms with Gasteiger partial charge in [0.25, 0.3) is 0 Å². The van der Waals surface area contributed by atoms with Crippen LogP contribution >= 0.6 is 0 Å². The molecule has 17 heavy (non-hydrogen) atoms. The third kappa shape index (κ3) is 2.97. The van der Waals surface area contributed by atoms with Crippen LogP contribution in [0, 0.1) is 0 Å². The number of piperazine rings is 1. The van der Waals surface area contributed by atoms with Gasteiger partial charge in [0.05, 0.1) is 6.42 Å². The smallest absolute Gasteiger partial charge is 0.305 e. The molecule has 0 bridgehead atoms. The molecule has 0 spiro atoms. The van der Waals surface area contributed by atoms with Crippen molar-refractivity contribution in [1.29, 1.82) is 0 Å². The monoisotopic (exact) mass is 242 g/mol. The molecule has 1 saturated heterocycles. The van der Waals surface area contributed by atoms with Gasteiger partial charge in [-0.1, -0.05) is 6.92 Å². The third-order valence-electron chi connectivity index (χ3n) is 3.47. The highest BCUT2D eigenvalue weighted by Crippen LogP contribution is 2.27. The van der Waals surface area contributed by atoms with Crippen molar-refractivity contribution in [3.8, 4) is 0 Å². The number of carboxylic acid groups (broad SMARTS) is 1. The number of nitrogens with one attached hydrogen (secondary N) is 1. The zero-order chi connectivity index (χ0) is 13.2. The first-order valence-corrected chi connectivity index (χ1v) is 6.07. The largest absolute Gasteiger partial charge is 0.481 e. The average Bonchev–Trinajstić information content (AvgIpc) is 2.22. The Kier molecular flexibility index (Phi) is 4.14. The van der Waals surface area contributed by atoms with E-state index in [1.54, 1.807) is 0 Å². The SMILES string of the molecule is CCC(C)N1C(CC(=O)O)C(=O)NCC1(C)C. The molecule has 0 radical (unpaired) electrons. The van der Waals surface area contributed by atoms with Gasteiger partial charge in [-0.2, -0.15) is 0 Å². The van der Waals surface area contributed by atoms with Crippen molar-refractivity contribution in [3.63, 3.8) is 0 Å². The molecular formula is C12H22N2O3. The molecule has 5 nitrogen and oxygen atoms in total. The average molecular weight is 242 g/mol. The van der Waals surface area contributed by atoms with Crippen LogP contribution in [0.3, 0.4) is 0 Å². The van der Waals surface area contributed by atoms with E-state index >= 15 is 0 Å². The van der Waals surface area contributed by atoms with Gasteiger partial charge in [0, 0.05) is 18.1 Å². The number of rotatable bonds is 4. The quantitative estimate of drug-likeness (QED) is 0.766. The lowest BCUT2D eigenvalue weighted by Crippen LogP contribution is -2.67. The lowest BCUT2D eigenvalue weighted by molar-refractivity contribution is -0.147. The molecule has 0 aromatic carbocycles. The Hall–Kier alpha value is -1.10. The maximum atomic E-state index is 11.8. The number of carbonyl (C=O) groups is 2. The van der Waals surface area contributed by atoms with Gasteiger partial charge in [-0.3, -0.25) is 14.5 Å². The molecule has 98 valence electrons. The van der Waals surface area contributed by atoms with Gasteiger partial charge in [0.15, 0.2) is 0 Å². The van der Waals surface area contributed by atoms with Crippen LogP contribution in [0.5, 0.6) is 0 Å². The van der Waals surface area contributed by atoms with Gasteiger partial charge in [0.2, 0.25) is 5.91 Å². The van der Waals surface area contributed by atoms with Crippen LogP contribution in [-0.2, 0) is 9.59 Å². The summed E-state index contributed by atoms with van der Waals surface area (Å²) in [5, 5.41) is 11.7. The molecule has 1 heterocycles. The minimum absolute atomic E-state index is 0.139. The molecule has 1 rings (SSSR count). The van der Waals surface area contributed by atoms with Crippen LogP contribution in [0.15, 0.2) is 0 Å². The predicted molar refractivity (Wildman–Crippen MR) is 64.7 cm³/mol. The fourth-order valence-corrected chi connectivity index (χ4v) is 2.52. The lowest BCUT2D eigenvalue weighted by Gasteiger charge is -2.49. The molecule has 2 unspecified atom stereocenters. The van der Waals surface area contributed by atoms with E-state index in [1.165, 1.54) is 0 Å². The van der Waals surface area contributed by atoms with Crippen molar-refractivity contribution in [2.75, 3.05) is 6.54 Å². The Bertz CT molecular complexity index is 315. The highest BCUT2D eigenvalue weighted by atomic mass is 16.4. The van der Waals surface area contributed by atoms with Crippen LogP contribution in [-0.4, -0.2) is 46.1 Å². The van der Waals surface area contributed by atoms with Crippen LogP contribution in [0.25, 0.3) is 0 Å². The van der Waals surface area contributed by atoms with E-state index in [9.17, 15) is 9.59 Å². The van der Waals surface area contributed by atoms with Gasteiger partial charge in [-0.15, -0.1) is 0 Å². The Morgan fingerprint density at radius 3 is 2.71 bits per heavy atom. The molecule has 0 saturated carbocycles. The number of carboxylic acids is 1. The van der Waals surface area contributed by atoms with Gasteiger partial charge in [0.1, 0.15) is 6.04 Å². The standard InChI is InChI=1S/C12H22N2O3/c1-5-8(2)14-9(6-10(15)16)11(17)13-7-12(14,3)4/h8-9H,5-7H2,1-4H3,(H,13,17)(H,15,16). The molecule has 0 aromatic rings. The van der Waals surface area contributed by atoms with Crippen molar-refractivity contribution in [1.82, 2.24) is 10.2 Å². The van der Waals surface area contributed by atoms with Gasteiger partial charge in [-0.25, -0.2) is 0 Å². The minimum atomic E-state index is -0.934. The first-order valence-electron chi connectivity index (χ1n) is 6.07.